The van der Waals surface area contributed by atoms with Crippen LogP contribution in [-0.2, 0) is 0 Å². The van der Waals surface area contributed by atoms with Crippen LogP contribution in [0.2, 0.25) is 0 Å². The number of rotatable bonds is 8. The Kier molecular flexibility index (Phi) is 5.86. The van der Waals surface area contributed by atoms with Gasteiger partial charge in [0.15, 0.2) is 5.65 Å². The molecule has 0 saturated carbocycles. The van der Waals surface area contributed by atoms with Gasteiger partial charge in [0.1, 0.15) is 12.4 Å². The lowest BCUT2D eigenvalue weighted by atomic mass is 10.0. The van der Waals surface area contributed by atoms with Gasteiger partial charge in [0.05, 0.1) is 11.9 Å². The summed E-state index contributed by atoms with van der Waals surface area (Å²) in [7, 11) is 0. The van der Waals surface area contributed by atoms with Gasteiger partial charge in [-0.3, -0.25) is 10.00 Å². The Bertz CT molecular complexity index is 1400. The number of aromatic amines is 1. The van der Waals surface area contributed by atoms with Crippen molar-refractivity contribution in [2.75, 3.05) is 31.6 Å². The maximum atomic E-state index is 5.91. The highest BCUT2D eigenvalue weighted by atomic mass is 16.5. The summed E-state index contributed by atoms with van der Waals surface area (Å²) < 4.78 is 7.78. The molecule has 35 heavy (non-hydrogen) atoms. The average molecular weight is 466 g/mol. The Morgan fingerprint density at radius 2 is 1.74 bits per heavy atom. The van der Waals surface area contributed by atoms with Gasteiger partial charge in [0.25, 0.3) is 0 Å². The predicted octanol–water partition coefficient (Wildman–Crippen LogP) is 5.00. The van der Waals surface area contributed by atoms with E-state index in [2.05, 4.69) is 43.6 Å². The zero-order valence-electron chi connectivity index (χ0n) is 19.4. The number of ether oxygens (including phenoxy) is 1. The average Bonchev–Trinajstić information content (AvgIpc) is 3.67. The zero-order valence-corrected chi connectivity index (χ0v) is 19.4. The van der Waals surface area contributed by atoms with Gasteiger partial charge in [-0.15, -0.1) is 5.10 Å². The molecule has 1 saturated heterocycles. The fourth-order valence-electron chi connectivity index (χ4n) is 4.51. The summed E-state index contributed by atoms with van der Waals surface area (Å²) in [4.78, 5) is 7.12. The van der Waals surface area contributed by atoms with E-state index in [1.54, 1.807) is 0 Å². The molecule has 8 heteroatoms. The molecule has 1 aliphatic heterocycles. The highest BCUT2D eigenvalue weighted by Gasteiger charge is 2.12. The summed E-state index contributed by atoms with van der Waals surface area (Å²) in [5.74, 6) is 1.42. The maximum absolute atomic E-state index is 5.91. The molecular weight excluding hydrogens is 438 g/mol. The number of likely N-dealkylation sites (tertiary alicyclic amines) is 1. The normalized spacial score (nSPS) is 13.9. The van der Waals surface area contributed by atoms with Crippen LogP contribution in [0.4, 0.5) is 11.6 Å². The Labute approximate surface area is 203 Å². The molecule has 176 valence electrons. The van der Waals surface area contributed by atoms with Crippen molar-refractivity contribution in [3.05, 3.63) is 79.1 Å². The molecule has 0 unspecified atom stereocenters. The van der Waals surface area contributed by atoms with Crippen molar-refractivity contribution in [1.29, 1.82) is 0 Å². The second-order valence-corrected chi connectivity index (χ2v) is 8.73. The highest BCUT2D eigenvalue weighted by molar-refractivity contribution is 5.72. The molecule has 0 atom stereocenters. The van der Waals surface area contributed by atoms with Crippen LogP contribution in [0.5, 0.6) is 5.75 Å². The van der Waals surface area contributed by atoms with Crippen molar-refractivity contribution < 1.29 is 4.74 Å². The van der Waals surface area contributed by atoms with Crippen molar-refractivity contribution in [2.24, 2.45) is 0 Å². The third-order valence-corrected chi connectivity index (χ3v) is 6.34. The Balaban J connectivity index is 1.17. The van der Waals surface area contributed by atoms with E-state index in [4.69, 9.17) is 9.84 Å². The number of H-pyrrole nitrogens is 1. The van der Waals surface area contributed by atoms with Crippen LogP contribution >= 0.6 is 0 Å². The lowest BCUT2D eigenvalue weighted by molar-refractivity contribution is 0.238. The second kappa shape index (κ2) is 9.60. The second-order valence-electron chi connectivity index (χ2n) is 8.73. The number of aromatic nitrogens is 5. The van der Waals surface area contributed by atoms with E-state index in [9.17, 15) is 0 Å². The Morgan fingerprint density at radius 3 is 2.57 bits per heavy atom. The minimum Gasteiger partial charge on any atom is -0.492 e. The van der Waals surface area contributed by atoms with E-state index in [1.807, 2.05) is 65.4 Å². The van der Waals surface area contributed by atoms with Gasteiger partial charge < -0.3 is 10.1 Å². The van der Waals surface area contributed by atoms with Gasteiger partial charge in [0, 0.05) is 29.6 Å². The van der Waals surface area contributed by atoms with E-state index in [1.165, 1.54) is 25.9 Å². The van der Waals surface area contributed by atoms with E-state index in [-0.39, 0.29) is 0 Å². The summed E-state index contributed by atoms with van der Waals surface area (Å²) in [5, 5.41) is 15.0. The summed E-state index contributed by atoms with van der Waals surface area (Å²) >= 11 is 0. The van der Waals surface area contributed by atoms with E-state index >= 15 is 0 Å². The van der Waals surface area contributed by atoms with Gasteiger partial charge in [-0.2, -0.15) is 10.1 Å². The van der Waals surface area contributed by atoms with Crippen molar-refractivity contribution in [3.8, 4) is 28.1 Å². The SMILES string of the molecule is c1cc(-c2cn[nH]c2)cc(-c2cccc3nc(Nc4ccc(OCCN5CCCC5)cc4)nn23)c1. The fourth-order valence-corrected chi connectivity index (χ4v) is 4.51. The van der Waals surface area contributed by atoms with Crippen molar-refractivity contribution in [2.45, 2.75) is 12.8 Å². The molecule has 0 amide bonds. The molecule has 2 N–H and O–H groups in total. The first-order valence-corrected chi connectivity index (χ1v) is 12.0. The van der Waals surface area contributed by atoms with Crippen molar-refractivity contribution in [1.82, 2.24) is 29.7 Å². The molecule has 6 rings (SSSR count). The first-order valence-electron chi connectivity index (χ1n) is 12.0. The minimum atomic E-state index is 0.547. The number of fused-ring (bicyclic) bond motifs is 1. The number of hydrogen-bond donors (Lipinski definition) is 2. The maximum Gasteiger partial charge on any atom is 0.247 e. The lowest BCUT2D eigenvalue weighted by Crippen LogP contribution is -2.25. The third-order valence-electron chi connectivity index (χ3n) is 6.34. The number of pyridine rings is 1. The molecule has 2 aromatic carbocycles. The molecule has 3 aromatic heterocycles. The summed E-state index contributed by atoms with van der Waals surface area (Å²) in [6, 6.07) is 22.3. The Hall–Kier alpha value is -4.17. The van der Waals surface area contributed by atoms with Crippen LogP contribution in [0.3, 0.4) is 0 Å². The largest absolute Gasteiger partial charge is 0.492 e. The van der Waals surface area contributed by atoms with Crippen LogP contribution in [0, 0.1) is 0 Å². The summed E-state index contributed by atoms with van der Waals surface area (Å²) in [6.07, 6.45) is 6.31. The van der Waals surface area contributed by atoms with E-state index in [0.29, 0.717) is 12.6 Å². The zero-order chi connectivity index (χ0) is 23.5. The van der Waals surface area contributed by atoms with Crippen molar-refractivity contribution >= 4 is 17.3 Å². The quantitative estimate of drug-likeness (QED) is 0.335. The molecule has 5 aromatic rings. The van der Waals surface area contributed by atoms with Crippen LogP contribution < -0.4 is 10.1 Å². The third kappa shape index (κ3) is 4.74. The molecule has 1 aliphatic rings. The summed E-state index contributed by atoms with van der Waals surface area (Å²) in [6.45, 7) is 4.08. The van der Waals surface area contributed by atoms with Gasteiger partial charge in [-0.05, 0) is 74.0 Å². The monoisotopic (exact) mass is 465 g/mol. The van der Waals surface area contributed by atoms with Gasteiger partial charge in [0.2, 0.25) is 5.95 Å². The lowest BCUT2D eigenvalue weighted by Gasteiger charge is -2.15. The first-order chi connectivity index (χ1) is 17.3. The highest BCUT2D eigenvalue weighted by Crippen LogP contribution is 2.27. The molecule has 0 aliphatic carbocycles. The van der Waals surface area contributed by atoms with Crippen molar-refractivity contribution in [3.63, 3.8) is 0 Å². The molecular formula is C27H27N7O. The first kappa shape index (κ1) is 21.4. The molecule has 0 spiro atoms. The molecule has 4 heterocycles. The van der Waals surface area contributed by atoms with E-state index in [0.717, 1.165) is 46.0 Å². The number of nitrogens with one attached hydrogen (secondary N) is 2. The molecule has 1 fully saturated rings. The predicted molar refractivity (Wildman–Crippen MR) is 137 cm³/mol. The number of nitrogens with zero attached hydrogens (tertiary/aromatic N) is 5. The molecule has 8 nitrogen and oxygen atoms in total. The smallest absolute Gasteiger partial charge is 0.247 e. The van der Waals surface area contributed by atoms with Crippen LogP contribution in [0.15, 0.2) is 79.1 Å². The molecule has 0 radical (unpaired) electrons. The van der Waals surface area contributed by atoms with Gasteiger partial charge in [-0.25, -0.2) is 4.52 Å². The topological polar surface area (TPSA) is 83.4 Å². The molecule has 0 bridgehead atoms. The minimum absolute atomic E-state index is 0.547. The number of anilines is 2. The van der Waals surface area contributed by atoms with Crippen LogP contribution in [0.1, 0.15) is 12.8 Å². The van der Waals surface area contributed by atoms with Crippen LogP contribution in [-0.4, -0.2) is 55.9 Å². The van der Waals surface area contributed by atoms with Crippen LogP contribution in [0.25, 0.3) is 28.0 Å². The standard InChI is InChI=1S/C27H27N7O/c1-2-14-33(13-1)15-16-35-24-11-9-23(10-12-24)30-27-31-26-8-4-7-25(34(26)32-27)21-6-3-5-20(17-21)22-18-28-29-19-22/h3-12,17-19H,1-2,13-16H2,(H,28,29)(H,30,32). The summed E-state index contributed by atoms with van der Waals surface area (Å²) in [5.41, 5.74) is 5.85. The number of hydrogen-bond acceptors (Lipinski definition) is 6. The fraction of sp³-hybridized carbons (Fsp3) is 0.222. The van der Waals surface area contributed by atoms with Gasteiger partial charge in [-0.1, -0.05) is 24.3 Å². The van der Waals surface area contributed by atoms with Gasteiger partial charge >= 0.3 is 0 Å². The Morgan fingerprint density at radius 1 is 0.914 bits per heavy atom. The number of benzene rings is 2. The van der Waals surface area contributed by atoms with E-state index < -0.39 is 0 Å².